The van der Waals surface area contributed by atoms with Crippen molar-refractivity contribution >= 4 is 5.91 Å². The third-order valence-electron chi connectivity index (χ3n) is 17.7. The SMILES string of the molecule is CCCCCCC/C=C\C/C=C\C/C=C\CCCCCCCCCCCCCCCCCCCCCCCCC(=O)NC(CO)C(O)CCCCCCCCCCCCCCCCCCCCCCCCCCCCCCCCC. The topological polar surface area (TPSA) is 69.6 Å². The molecule has 1 amide bonds. The molecule has 0 saturated carbocycles. The largest absolute Gasteiger partial charge is 0.394 e. The summed E-state index contributed by atoms with van der Waals surface area (Å²) in [4.78, 5) is 12.6. The number of rotatable bonds is 70. The van der Waals surface area contributed by atoms with E-state index >= 15 is 0 Å². The second-order valence-corrected chi connectivity index (χ2v) is 25.7. The smallest absolute Gasteiger partial charge is 0.220 e. The van der Waals surface area contributed by atoms with Crippen LogP contribution >= 0.6 is 0 Å². The summed E-state index contributed by atoms with van der Waals surface area (Å²) in [6, 6.07) is -0.537. The average Bonchev–Trinajstić information content (AvgIpc) is 3.46. The zero-order valence-electron chi connectivity index (χ0n) is 54.9. The normalized spacial score (nSPS) is 12.8. The van der Waals surface area contributed by atoms with Crippen molar-refractivity contribution in [3.8, 4) is 0 Å². The summed E-state index contributed by atoms with van der Waals surface area (Å²) >= 11 is 0. The van der Waals surface area contributed by atoms with Gasteiger partial charge in [-0.05, 0) is 51.4 Å². The van der Waals surface area contributed by atoms with Gasteiger partial charge in [-0.3, -0.25) is 4.79 Å². The molecule has 0 aromatic carbocycles. The van der Waals surface area contributed by atoms with Gasteiger partial charge >= 0.3 is 0 Å². The van der Waals surface area contributed by atoms with Gasteiger partial charge in [-0.15, -0.1) is 0 Å². The highest BCUT2D eigenvalue weighted by molar-refractivity contribution is 5.76. The Kier molecular flexibility index (Phi) is 70.6. The number of unbranched alkanes of at least 4 members (excludes halogenated alkanes) is 57. The molecule has 0 aliphatic rings. The molecule has 0 aliphatic carbocycles. The van der Waals surface area contributed by atoms with Gasteiger partial charge in [0.05, 0.1) is 18.8 Å². The fourth-order valence-electron chi connectivity index (χ4n) is 12.0. The molecule has 80 heavy (non-hydrogen) atoms. The Labute approximate surface area is 503 Å². The van der Waals surface area contributed by atoms with E-state index in [1.165, 1.54) is 360 Å². The molecule has 0 radical (unpaired) electrons. The molecule has 0 rings (SSSR count). The van der Waals surface area contributed by atoms with E-state index in [-0.39, 0.29) is 12.5 Å². The van der Waals surface area contributed by atoms with Gasteiger partial charge in [-0.1, -0.05) is 403 Å². The summed E-state index contributed by atoms with van der Waals surface area (Å²) in [5.74, 6) is -0.0218. The summed E-state index contributed by atoms with van der Waals surface area (Å²) in [5, 5.41) is 23.5. The van der Waals surface area contributed by atoms with Gasteiger partial charge < -0.3 is 15.5 Å². The summed E-state index contributed by atoms with van der Waals surface area (Å²) in [7, 11) is 0. The maximum Gasteiger partial charge on any atom is 0.220 e. The van der Waals surface area contributed by atoms with E-state index < -0.39 is 12.1 Å². The first-order chi connectivity index (χ1) is 39.7. The second-order valence-electron chi connectivity index (χ2n) is 25.7. The van der Waals surface area contributed by atoms with E-state index in [1.54, 1.807) is 0 Å². The number of hydrogen-bond acceptors (Lipinski definition) is 3. The molecule has 474 valence electrons. The standard InChI is InChI=1S/C76H147NO3/c1-3-5-7-9-11-13-15-17-19-21-23-25-27-29-31-33-35-36-37-38-39-40-42-44-46-48-50-52-54-56-58-60-62-64-66-68-70-72-76(80)77-74(73-78)75(79)71-69-67-65-63-61-59-57-55-53-51-49-47-45-43-41-34-32-30-28-26-24-22-20-18-16-14-12-10-8-6-4-2/h15,17,21,23,27,29,74-75,78-79H,3-14,16,18-20,22,24-26,28,30-73H2,1-2H3,(H,77,80)/b17-15-,23-21-,29-27-. The Hall–Kier alpha value is -1.39. The third kappa shape index (κ3) is 67.4. The van der Waals surface area contributed by atoms with Crippen molar-refractivity contribution < 1.29 is 15.0 Å². The number of amides is 1. The summed E-state index contributed by atoms with van der Waals surface area (Å²) in [6.07, 6.45) is 99.4. The molecule has 4 nitrogen and oxygen atoms in total. The second kappa shape index (κ2) is 71.9. The molecule has 0 aliphatic heterocycles. The maximum absolute atomic E-state index is 12.6. The fraction of sp³-hybridized carbons (Fsp3) is 0.908. The van der Waals surface area contributed by atoms with Crippen LogP contribution in [0.1, 0.15) is 425 Å². The van der Waals surface area contributed by atoms with Gasteiger partial charge in [0.15, 0.2) is 0 Å². The number of nitrogens with one attached hydrogen (secondary N) is 1. The molecule has 0 spiro atoms. The summed E-state index contributed by atoms with van der Waals surface area (Å²) in [5.41, 5.74) is 0. The molecule has 4 heteroatoms. The Balaban J connectivity index is 3.38. The van der Waals surface area contributed by atoms with Crippen LogP contribution in [0.3, 0.4) is 0 Å². The van der Waals surface area contributed by atoms with Gasteiger partial charge in [-0.2, -0.15) is 0 Å². The number of allylic oxidation sites excluding steroid dienone is 6. The number of hydrogen-bond donors (Lipinski definition) is 3. The van der Waals surface area contributed by atoms with Gasteiger partial charge in [0.1, 0.15) is 0 Å². The van der Waals surface area contributed by atoms with Crippen LogP contribution in [0.25, 0.3) is 0 Å². The molecule has 0 saturated heterocycles. The van der Waals surface area contributed by atoms with Gasteiger partial charge in [0, 0.05) is 6.42 Å². The molecule has 0 aromatic heterocycles. The highest BCUT2D eigenvalue weighted by Crippen LogP contribution is 2.20. The van der Waals surface area contributed by atoms with Crippen molar-refractivity contribution in [2.75, 3.05) is 6.61 Å². The minimum Gasteiger partial charge on any atom is -0.394 e. The average molecular weight is 1120 g/mol. The predicted octanol–water partition coefficient (Wildman–Crippen LogP) is 25.5. The van der Waals surface area contributed by atoms with Crippen molar-refractivity contribution in [3.63, 3.8) is 0 Å². The van der Waals surface area contributed by atoms with E-state index in [1.807, 2.05) is 0 Å². The number of carbonyl (C=O) groups is 1. The number of carbonyl (C=O) groups excluding carboxylic acids is 1. The van der Waals surface area contributed by atoms with Crippen LogP contribution in [0, 0.1) is 0 Å². The van der Waals surface area contributed by atoms with Crippen molar-refractivity contribution in [3.05, 3.63) is 36.5 Å². The summed E-state index contributed by atoms with van der Waals surface area (Å²) in [6.45, 7) is 4.40. The molecule has 0 fully saturated rings. The van der Waals surface area contributed by atoms with Crippen molar-refractivity contribution in [2.45, 2.75) is 437 Å². The van der Waals surface area contributed by atoms with E-state index in [0.29, 0.717) is 12.8 Å². The first kappa shape index (κ1) is 78.6. The van der Waals surface area contributed by atoms with Crippen molar-refractivity contribution in [1.29, 1.82) is 0 Å². The monoisotopic (exact) mass is 1120 g/mol. The Bertz CT molecular complexity index is 1230. The van der Waals surface area contributed by atoms with Gasteiger partial charge in [-0.25, -0.2) is 0 Å². The number of aliphatic hydroxyl groups excluding tert-OH is 2. The molecule has 2 atom stereocenters. The molecule has 2 unspecified atom stereocenters. The lowest BCUT2D eigenvalue weighted by atomic mass is 10.0. The lowest BCUT2D eigenvalue weighted by Crippen LogP contribution is -2.45. The highest BCUT2D eigenvalue weighted by Gasteiger charge is 2.20. The fourth-order valence-corrected chi connectivity index (χ4v) is 12.0. The van der Waals surface area contributed by atoms with E-state index in [2.05, 4.69) is 55.6 Å². The zero-order valence-corrected chi connectivity index (χ0v) is 54.9. The molecule has 3 N–H and O–H groups in total. The predicted molar refractivity (Wildman–Crippen MR) is 359 cm³/mol. The highest BCUT2D eigenvalue weighted by atomic mass is 16.3. The molecule has 0 bridgehead atoms. The maximum atomic E-state index is 12.6. The van der Waals surface area contributed by atoms with Gasteiger partial charge in [0.25, 0.3) is 0 Å². The molecular formula is C76H147NO3. The zero-order chi connectivity index (χ0) is 57.6. The number of aliphatic hydroxyl groups is 2. The molecule has 0 aromatic rings. The van der Waals surface area contributed by atoms with Crippen LogP contribution in [0.15, 0.2) is 36.5 Å². The minimum atomic E-state index is -0.660. The van der Waals surface area contributed by atoms with E-state index in [0.717, 1.165) is 38.5 Å². The van der Waals surface area contributed by atoms with Crippen LogP contribution < -0.4 is 5.32 Å². The van der Waals surface area contributed by atoms with Crippen LogP contribution in [-0.4, -0.2) is 34.9 Å². The Morgan fingerprint density at radius 2 is 0.512 bits per heavy atom. The first-order valence-corrected chi connectivity index (χ1v) is 37.2. The quantitative estimate of drug-likeness (QED) is 0.0420. The van der Waals surface area contributed by atoms with E-state index in [9.17, 15) is 15.0 Å². The Morgan fingerprint density at radius 1 is 0.300 bits per heavy atom. The van der Waals surface area contributed by atoms with Crippen LogP contribution in [0.5, 0.6) is 0 Å². The van der Waals surface area contributed by atoms with Gasteiger partial charge in [0.2, 0.25) is 5.91 Å². The molecular weight excluding hydrogens is 975 g/mol. The van der Waals surface area contributed by atoms with Crippen LogP contribution in [0.4, 0.5) is 0 Å². The summed E-state index contributed by atoms with van der Waals surface area (Å²) < 4.78 is 0. The van der Waals surface area contributed by atoms with Crippen LogP contribution in [-0.2, 0) is 4.79 Å². The van der Waals surface area contributed by atoms with Crippen molar-refractivity contribution in [1.82, 2.24) is 5.32 Å². The van der Waals surface area contributed by atoms with Crippen molar-refractivity contribution in [2.24, 2.45) is 0 Å². The lowest BCUT2D eigenvalue weighted by Gasteiger charge is -2.22. The molecule has 0 heterocycles. The first-order valence-electron chi connectivity index (χ1n) is 37.2. The lowest BCUT2D eigenvalue weighted by molar-refractivity contribution is -0.123. The van der Waals surface area contributed by atoms with E-state index in [4.69, 9.17) is 0 Å². The Morgan fingerprint density at radius 3 is 0.762 bits per heavy atom. The minimum absolute atomic E-state index is 0.0218. The van der Waals surface area contributed by atoms with Crippen LogP contribution in [0.2, 0.25) is 0 Å². The third-order valence-corrected chi connectivity index (χ3v) is 17.7.